The highest BCUT2D eigenvalue weighted by atomic mass is 32.2. The molecule has 2 rings (SSSR count). The van der Waals surface area contributed by atoms with Gasteiger partial charge in [-0.2, -0.15) is 0 Å². The smallest absolute Gasteiger partial charge is 0.305 e. The lowest BCUT2D eigenvalue weighted by Gasteiger charge is -2.08. The van der Waals surface area contributed by atoms with Crippen LogP contribution in [0.5, 0.6) is 0 Å². The van der Waals surface area contributed by atoms with E-state index in [1.54, 1.807) is 0 Å². The quantitative estimate of drug-likeness (QED) is 0.427. The molecule has 1 amide bonds. The van der Waals surface area contributed by atoms with E-state index in [0.717, 1.165) is 17.7 Å². The van der Waals surface area contributed by atoms with Gasteiger partial charge in [0, 0.05) is 30.0 Å². The minimum atomic E-state index is -3.63. The van der Waals surface area contributed by atoms with Crippen LogP contribution in [0, 0.1) is 0 Å². The molecule has 0 fully saturated rings. The van der Waals surface area contributed by atoms with Gasteiger partial charge in [-0.3, -0.25) is 9.59 Å². The summed E-state index contributed by atoms with van der Waals surface area (Å²) in [6.45, 7) is 0.723. The summed E-state index contributed by atoms with van der Waals surface area (Å²) < 4.78 is 31.7. The number of amides is 1. The van der Waals surface area contributed by atoms with Gasteiger partial charge in [0.2, 0.25) is 10.0 Å². The van der Waals surface area contributed by atoms with Crippen LogP contribution in [0.2, 0.25) is 0 Å². The van der Waals surface area contributed by atoms with Crippen molar-refractivity contribution in [1.29, 1.82) is 0 Å². The maximum atomic E-state index is 12.3. The molecule has 9 heteroatoms. The fraction of sp³-hybridized carbons (Fsp3) is 0.368. The summed E-state index contributed by atoms with van der Waals surface area (Å²) in [5.41, 5.74) is 0.395. The van der Waals surface area contributed by atoms with Gasteiger partial charge in [-0.1, -0.05) is 12.5 Å². The van der Waals surface area contributed by atoms with E-state index in [9.17, 15) is 18.0 Å². The maximum absolute atomic E-state index is 12.3. The lowest BCUT2D eigenvalue weighted by Crippen LogP contribution is -2.25. The predicted octanol–water partition coefficient (Wildman–Crippen LogP) is 2.69. The van der Waals surface area contributed by atoms with Crippen LogP contribution in [0.1, 0.15) is 40.9 Å². The Hall–Kier alpha value is -2.23. The number of methoxy groups -OCH3 is 1. The van der Waals surface area contributed by atoms with Crippen LogP contribution in [0.3, 0.4) is 0 Å². The predicted molar refractivity (Wildman–Crippen MR) is 108 cm³/mol. The summed E-state index contributed by atoms with van der Waals surface area (Å²) in [6.07, 6.45) is 2.65. The number of hydrogen-bond donors (Lipinski definition) is 2. The molecule has 0 aliphatic heterocycles. The van der Waals surface area contributed by atoms with Crippen LogP contribution in [-0.4, -0.2) is 33.9 Å². The normalized spacial score (nSPS) is 11.2. The molecule has 152 valence electrons. The van der Waals surface area contributed by atoms with Crippen molar-refractivity contribution < 1.29 is 22.7 Å². The van der Waals surface area contributed by atoms with Crippen LogP contribution in [0.15, 0.2) is 46.7 Å². The van der Waals surface area contributed by atoms with E-state index < -0.39 is 10.0 Å². The summed E-state index contributed by atoms with van der Waals surface area (Å²) in [6, 6.07) is 9.54. The number of ether oxygens (including phenoxy) is 1. The lowest BCUT2D eigenvalue weighted by molar-refractivity contribution is -0.140. The van der Waals surface area contributed by atoms with Crippen molar-refractivity contribution in [3.8, 4) is 0 Å². The molecule has 0 saturated heterocycles. The van der Waals surface area contributed by atoms with Crippen LogP contribution >= 0.6 is 11.3 Å². The monoisotopic (exact) mass is 424 g/mol. The Kier molecular flexibility index (Phi) is 8.62. The molecule has 0 saturated carbocycles. The molecule has 0 radical (unpaired) electrons. The zero-order chi connectivity index (χ0) is 20.4. The summed E-state index contributed by atoms with van der Waals surface area (Å²) in [7, 11) is -2.27. The average molecular weight is 425 g/mol. The van der Waals surface area contributed by atoms with Crippen molar-refractivity contribution in [1.82, 2.24) is 10.0 Å². The third-order valence-electron chi connectivity index (χ3n) is 4.01. The van der Waals surface area contributed by atoms with E-state index in [2.05, 4.69) is 14.8 Å². The number of hydrogen-bond acceptors (Lipinski definition) is 6. The first kappa shape index (κ1) is 22.1. The molecule has 7 nitrogen and oxygen atoms in total. The molecule has 0 bridgehead atoms. The average Bonchev–Trinajstić information content (AvgIpc) is 3.22. The highest BCUT2D eigenvalue weighted by Crippen LogP contribution is 2.13. The van der Waals surface area contributed by atoms with Crippen LogP contribution in [0.25, 0.3) is 0 Å². The van der Waals surface area contributed by atoms with Gasteiger partial charge in [0.1, 0.15) is 0 Å². The van der Waals surface area contributed by atoms with Crippen molar-refractivity contribution in [2.45, 2.75) is 37.1 Å². The molecule has 0 spiro atoms. The molecule has 0 atom stereocenters. The Morgan fingerprint density at radius 2 is 1.82 bits per heavy atom. The fourth-order valence-electron chi connectivity index (χ4n) is 2.43. The zero-order valence-corrected chi connectivity index (χ0v) is 17.3. The number of carbonyl (C=O) groups excluding carboxylic acids is 2. The van der Waals surface area contributed by atoms with E-state index >= 15 is 0 Å². The second-order valence-corrected chi connectivity index (χ2v) is 8.87. The van der Waals surface area contributed by atoms with Gasteiger partial charge < -0.3 is 10.1 Å². The second-order valence-electron chi connectivity index (χ2n) is 6.07. The van der Waals surface area contributed by atoms with Gasteiger partial charge in [0.15, 0.2) is 0 Å². The minimum Gasteiger partial charge on any atom is -0.469 e. The van der Waals surface area contributed by atoms with Crippen LogP contribution < -0.4 is 10.0 Å². The summed E-state index contributed by atoms with van der Waals surface area (Å²) >= 11 is 1.48. The van der Waals surface area contributed by atoms with Gasteiger partial charge in [0.05, 0.1) is 12.0 Å². The van der Waals surface area contributed by atoms with Gasteiger partial charge in [0.25, 0.3) is 5.91 Å². The topological polar surface area (TPSA) is 102 Å². The molecule has 1 heterocycles. The molecular formula is C19H24N2O5S2. The molecule has 1 aromatic heterocycles. The van der Waals surface area contributed by atoms with Gasteiger partial charge in [-0.15, -0.1) is 11.3 Å². The maximum Gasteiger partial charge on any atom is 0.305 e. The third kappa shape index (κ3) is 7.06. The van der Waals surface area contributed by atoms with Crippen molar-refractivity contribution in [3.63, 3.8) is 0 Å². The molecule has 1 aromatic carbocycles. The number of thiophene rings is 1. The molecule has 2 N–H and O–H groups in total. The number of rotatable bonds is 11. The number of unbranched alkanes of at least 4 members (excludes halogenated alkanes) is 2. The van der Waals surface area contributed by atoms with Gasteiger partial charge in [-0.05, 0) is 48.6 Å². The van der Waals surface area contributed by atoms with Gasteiger partial charge >= 0.3 is 5.97 Å². The summed E-state index contributed by atoms with van der Waals surface area (Å²) in [5.74, 6) is -0.493. The minimum absolute atomic E-state index is 0.114. The molecule has 2 aromatic rings. The first-order chi connectivity index (χ1) is 13.4. The van der Waals surface area contributed by atoms with E-state index in [1.165, 1.54) is 42.7 Å². The Morgan fingerprint density at radius 3 is 2.46 bits per heavy atom. The highest BCUT2D eigenvalue weighted by molar-refractivity contribution is 7.89. The van der Waals surface area contributed by atoms with E-state index in [4.69, 9.17) is 0 Å². The second kappa shape index (κ2) is 10.9. The van der Waals surface area contributed by atoms with Crippen molar-refractivity contribution in [3.05, 3.63) is 52.2 Å². The summed E-state index contributed by atoms with van der Waals surface area (Å²) in [4.78, 5) is 24.2. The number of nitrogens with one attached hydrogen (secondary N) is 2. The standard InChI is InChI=1S/C19H24N2O5S2/c1-26-18(22)7-3-2-4-12-20-19(23)15-8-10-17(11-9-15)28(24,25)21-14-16-6-5-13-27-16/h5-6,8-11,13,21H,2-4,7,12,14H2,1H3,(H,20,23). The summed E-state index contributed by atoms with van der Waals surface area (Å²) in [5, 5.41) is 4.67. The van der Waals surface area contributed by atoms with Crippen molar-refractivity contribution in [2.75, 3.05) is 13.7 Å². The highest BCUT2D eigenvalue weighted by Gasteiger charge is 2.15. The number of sulfonamides is 1. The van der Waals surface area contributed by atoms with Crippen LogP contribution in [-0.2, 0) is 26.1 Å². The van der Waals surface area contributed by atoms with E-state index in [-0.39, 0.29) is 23.3 Å². The SMILES string of the molecule is COC(=O)CCCCCNC(=O)c1ccc(S(=O)(=O)NCc2cccs2)cc1. The van der Waals surface area contributed by atoms with E-state index in [0.29, 0.717) is 24.9 Å². The van der Waals surface area contributed by atoms with Gasteiger partial charge in [-0.25, -0.2) is 13.1 Å². The number of carbonyl (C=O) groups is 2. The lowest BCUT2D eigenvalue weighted by atomic mass is 10.2. The molecular weight excluding hydrogens is 400 g/mol. The Bertz CT molecular complexity index is 862. The Balaban J connectivity index is 1.77. The number of benzene rings is 1. The number of esters is 1. The largest absolute Gasteiger partial charge is 0.469 e. The molecule has 0 unspecified atom stereocenters. The van der Waals surface area contributed by atoms with Crippen molar-refractivity contribution >= 4 is 33.2 Å². The third-order valence-corrected chi connectivity index (χ3v) is 6.31. The first-order valence-corrected chi connectivity index (χ1v) is 11.3. The molecule has 0 aliphatic carbocycles. The van der Waals surface area contributed by atoms with Crippen molar-refractivity contribution in [2.24, 2.45) is 0 Å². The van der Waals surface area contributed by atoms with E-state index in [1.807, 2.05) is 17.5 Å². The first-order valence-electron chi connectivity index (χ1n) is 8.89. The Labute approximate surface area is 169 Å². The molecule has 28 heavy (non-hydrogen) atoms. The zero-order valence-electron chi connectivity index (χ0n) is 15.6. The van der Waals surface area contributed by atoms with Crippen LogP contribution in [0.4, 0.5) is 0 Å². The Morgan fingerprint density at radius 1 is 1.07 bits per heavy atom. The fourth-order valence-corrected chi connectivity index (χ4v) is 4.17. The molecule has 0 aliphatic rings.